The van der Waals surface area contributed by atoms with Gasteiger partial charge in [0.2, 0.25) is 5.28 Å². The first-order valence-electron chi connectivity index (χ1n) is 5.22. The Bertz CT molecular complexity index is 571. The zero-order chi connectivity index (χ0) is 13.3. The van der Waals surface area contributed by atoms with Crippen LogP contribution < -0.4 is 5.32 Å². The van der Waals surface area contributed by atoms with Gasteiger partial charge in [-0.25, -0.2) is 15.0 Å². The summed E-state index contributed by atoms with van der Waals surface area (Å²) in [5.41, 5.74) is 1.79. The summed E-state index contributed by atoms with van der Waals surface area (Å²) >= 11 is 7.14. The lowest BCUT2D eigenvalue weighted by atomic mass is 10.3. The first-order chi connectivity index (χ1) is 8.45. The van der Waals surface area contributed by atoms with Gasteiger partial charge < -0.3 is 0 Å². The summed E-state index contributed by atoms with van der Waals surface area (Å²) in [5, 5.41) is 3.31. The molecule has 0 aliphatic carbocycles. The third kappa shape index (κ3) is 2.83. The number of aryl methyl sites for hydroxylation is 3. The van der Waals surface area contributed by atoms with Crippen LogP contribution in [0.1, 0.15) is 26.8 Å². The molecule has 0 spiro atoms. The molecule has 0 aromatic carbocycles. The van der Waals surface area contributed by atoms with Gasteiger partial charge in [-0.2, -0.15) is 0 Å². The van der Waals surface area contributed by atoms with Crippen molar-refractivity contribution in [2.24, 2.45) is 0 Å². The number of nitrogens with one attached hydrogen (secondary N) is 1. The highest BCUT2D eigenvalue weighted by molar-refractivity contribution is 7.15. The first kappa shape index (κ1) is 12.9. The van der Waals surface area contributed by atoms with Crippen molar-refractivity contribution in [1.82, 2.24) is 15.0 Å². The van der Waals surface area contributed by atoms with Gasteiger partial charge in [0.05, 0.1) is 5.69 Å². The molecule has 0 saturated heterocycles. The number of carbonyl (C=O) groups is 1. The van der Waals surface area contributed by atoms with Gasteiger partial charge >= 0.3 is 0 Å². The van der Waals surface area contributed by atoms with Crippen LogP contribution in [0.25, 0.3) is 0 Å². The second-order valence-electron chi connectivity index (χ2n) is 3.78. The third-order valence-electron chi connectivity index (χ3n) is 2.31. The van der Waals surface area contributed by atoms with Crippen molar-refractivity contribution in [1.29, 1.82) is 0 Å². The summed E-state index contributed by atoms with van der Waals surface area (Å²) in [7, 11) is 0. The minimum Gasteiger partial charge on any atom is -0.296 e. The summed E-state index contributed by atoms with van der Waals surface area (Å²) in [5.74, 6) is -0.337. The Kier molecular flexibility index (Phi) is 3.58. The van der Waals surface area contributed by atoms with E-state index in [-0.39, 0.29) is 16.9 Å². The number of amides is 1. The standard InChI is InChI=1S/C11H11ClN4OS/c1-5-4-8(15-10(12)13-5)9(17)16-11-14-6(2)7(3)18-11/h4H,1-3H3,(H,14,16,17). The van der Waals surface area contributed by atoms with E-state index in [2.05, 4.69) is 20.3 Å². The molecule has 0 unspecified atom stereocenters. The Labute approximate surface area is 113 Å². The second-order valence-corrected chi connectivity index (χ2v) is 5.32. The molecule has 1 N–H and O–H groups in total. The van der Waals surface area contributed by atoms with Crippen molar-refractivity contribution in [3.63, 3.8) is 0 Å². The Morgan fingerprint density at radius 3 is 2.56 bits per heavy atom. The number of nitrogens with zero attached hydrogens (tertiary/aromatic N) is 3. The fourth-order valence-corrected chi connectivity index (χ4v) is 2.37. The zero-order valence-corrected chi connectivity index (χ0v) is 11.7. The van der Waals surface area contributed by atoms with E-state index in [0.717, 1.165) is 10.6 Å². The predicted octanol–water partition coefficient (Wildman–Crippen LogP) is 2.76. The Morgan fingerprint density at radius 1 is 1.28 bits per heavy atom. The average Bonchev–Trinajstić information content (AvgIpc) is 2.56. The lowest BCUT2D eigenvalue weighted by Gasteiger charge is -2.02. The van der Waals surface area contributed by atoms with Crippen LogP contribution in [0.4, 0.5) is 5.13 Å². The monoisotopic (exact) mass is 282 g/mol. The van der Waals surface area contributed by atoms with Crippen molar-refractivity contribution >= 4 is 34.0 Å². The molecule has 94 valence electrons. The van der Waals surface area contributed by atoms with Crippen LogP contribution in [0.2, 0.25) is 5.28 Å². The van der Waals surface area contributed by atoms with Gasteiger partial charge in [-0.1, -0.05) is 0 Å². The van der Waals surface area contributed by atoms with Crippen molar-refractivity contribution in [3.8, 4) is 0 Å². The SMILES string of the molecule is Cc1cc(C(=O)Nc2nc(C)c(C)s2)nc(Cl)n1. The predicted molar refractivity (Wildman–Crippen MR) is 71.3 cm³/mol. The summed E-state index contributed by atoms with van der Waals surface area (Å²) in [6.45, 7) is 5.60. The van der Waals surface area contributed by atoms with Gasteiger partial charge in [-0.3, -0.25) is 10.1 Å². The van der Waals surface area contributed by atoms with Crippen molar-refractivity contribution in [2.75, 3.05) is 5.32 Å². The lowest BCUT2D eigenvalue weighted by molar-refractivity contribution is 0.102. The number of anilines is 1. The fourth-order valence-electron chi connectivity index (χ4n) is 1.34. The number of rotatable bonds is 2. The Balaban J connectivity index is 2.21. The van der Waals surface area contributed by atoms with E-state index in [1.54, 1.807) is 13.0 Å². The number of carbonyl (C=O) groups excluding carboxylic acids is 1. The number of hydrogen-bond acceptors (Lipinski definition) is 5. The maximum absolute atomic E-state index is 11.9. The molecular formula is C11H11ClN4OS. The van der Waals surface area contributed by atoms with Gasteiger partial charge in [-0.05, 0) is 38.4 Å². The molecule has 0 fully saturated rings. The van der Waals surface area contributed by atoms with E-state index in [0.29, 0.717) is 10.8 Å². The first-order valence-corrected chi connectivity index (χ1v) is 6.41. The summed E-state index contributed by atoms with van der Waals surface area (Å²) in [4.78, 5) is 25.0. The molecule has 18 heavy (non-hydrogen) atoms. The Hall–Kier alpha value is -1.53. The second kappa shape index (κ2) is 4.99. The molecule has 2 aromatic rings. The summed E-state index contributed by atoms with van der Waals surface area (Å²) in [6, 6.07) is 1.58. The van der Waals surface area contributed by atoms with Crippen molar-refractivity contribution in [2.45, 2.75) is 20.8 Å². The molecule has 0 aliphatic heterocycles. The maximum atomic E-state index is 11.9. The Morgan fingerprint density at radius 2 is 2.00 bits per heavy atom. The number of thiazole rings is 1. The van der Waals surface area contributed by atoms with Crippen LogP contribution in [0.3, 0.4) is 0 Å². The van der Waals surface area contributed by atoms with Crippen LogP contribution in [0.5, 0.6) is 0 Å². The largest absolute Gasteiger partial charge is 0.296 e. The maximum Gasteiger partial charge on any atom is 0.276 e. The van der Waals surface area contributed by atoms with Crippen LogP contribution in [-0.2, 0) is 0 Å². The van der Waals surface area contributed by atoms with E-state index in [1.807, 2.05) is 13.8 Å². The molecule has 0 saturated carbocycles. The molecule has 7 heteroatoms. The molecule has 0 radical (unpaired) electrons. The third-order valence-corrected chi connectivity index (χ3v) is 3.47. The van der Waals surface area contributed by atoms with E-state index < -0.39 is 0 Å². The molecule has 2 rings (SSSR count). The van der Waals surface area contributed by atoms with Crippen molar-refractivity contribution < 1.29 is 4.79 Å². The van der Waals surface area contributed by atoms with Gasteiger partial charge in [0, 0.05) is 10.6 Å². The number of aromatic nitrogens is 3. The van der Waals surface area contributed by atoms with Crippen LogP contribution in [-0.4, -0.2) is 20.9 Å². The summed E-state index contributed by atoms with van der Waals surface area (Å²) < 4.78 is 0. The van der Waals surface area contributed by atoms with Crippen molar-refractivity contribution in [3.05, 3.63) is 33.3 Å². The summed E-state index contributed by atoms with van der Waals surface area (Å²) in [6.07, 6.45) is 0. The lowest BCUT2D eigenvalue weighted by Crippen LogP contribution is -2.14. The van der Waals surface area contributed by atoms with Gasteiger partial charge in [0.15, 0.2) is 5.13 Å². The molecule has 2 heterocycles. The van der Waals surface area contributed by atoms with Crippen LogP contribution >= 0.6 is 22.9 Å². The van der Waals surface area contributed by atoms with E-state index >= 15 is 0 Å². The van der Waals surface area contributed by atoms with Gasteiger partial charge in [0.1, 0.15) is 5.69 Å². The number of hydrogen-bond donors (Lipinski definition) is 1. The quantitative estimate of drug-likeness (QED) is 0.860. The molecular weight excluding hydrogens is 272 g/mol. The molecule has 2 aromatic heterocycles. The minimum atomic E-state index is -0.337. The molecule has 5 nitrogen and oxygen atoms in total. The fraction of sp³-hybridized carbons (Fsp3) is 0.273. The average molecular weight is 283 g/mol. The minimum absolute atomic E-state index is 0.0617. The smallest absolute Gasteiger partial charge is 0.276 e. The molecule has 1 amide bonds. The number of halogens is 1. The highest BCUT2D eigenvalue weighted by atomic mass is 35.5. The van der Waals surface area contributed by atoms with Gasteiger partial charge in [0.25, 0.3) is 5.91 Å². The highest BCUT2D eigenvalue weighted by Gasteiger charge is 2.12. The molecule has 0 atom stereocenters. The van der Waals surface area contributed by atoms with E-state index in [9.17, 15) is 4.79 Å². The zero-order valence-electron chi connectivity index (χ0n) is 10.1. The highest BCUT2D eigenvalue weighted by Crippen LogP contribution is 2.21. The van der Waals surface area contributed by atoms with E-state index in [1.165, 1.54) is 11.3 Å². The normalized spacial score (nSPS) is 10.4. The van der Waals surface area contributed by atoms with E-state index in [4.69, 9.17) is 11.6 Å². The van der Waals surface area contributed by atoms with Gasteiger partial charge in [-0.15, -0.1) is 11.3 Å². The van der Waals surface area contributed by atoms with Crippen LogP contribution in [0.15, 0.2) is 6.07 Å². The molecule has 0 aliphatic rings. The topological polar surface area (TPSA) is 67.8 Å². The van der Waals surface area contributed by atoms with Crippen LogP contribution in [0, 0.1) is 20.8 Å². The molecule has 0 bridgehead atoms.